The van der Waals surface area contributed by atoms with Gasteiger partial charge in [-0.1, -0.05) is 69.2 Å². The third-order valence-corrected chi connectivity index (χ3v) is 1.23. The Labute approximate surface area is 89.7 Å². The van der Waals surface area contributed by atoms with Crippen molar-refractivity contribution in [2.45, 2.75) is 40.5 Å². The lowest BCUT2D eigenvalue weighted by molar-refractivity contribution is 1.09. The van der Waals surface area contributed by atoms with Gasteiger partial charge in [0.25, 0.3) is 0 Å². The SMILES string of the molecule is C=CCC.CCC.Cc1ccccc1. The molecule has 0 amide bonds. The molecule has 1 aromatic carbocycles. The van der Waals surface area contributed by atoms with E-state index in [9.17, 15) is 0 Å². The summed E-state index contributed by atoms with van der Waals surface area (Å²) in [5, 5.41) is 0. The minimum Gasteiger partial charge on any atom is -0.103 e. The van der Waals surface area contributed by atoms with Crippen molar-refractivity contribution in [3.8, 4) is 0 Å². The Morgan fingerprint density at radius 1 is 1.07 bits per heavy atom. The largest absolute Gasteiger partial charge is 0.103 e. The van der Waals surface area contributed by atoms with Gasteiger partial charge in [-0.3, -0.25) is 0 Å². The smallest absolute Gasteiger partial charge is 0.0382 e. The molecule has 0 heterocycles. The van der Waals surface area contributed by atoms with Crippen molar-refractivity contribution in [3.63, 3.8) is 0 Å². The summed E-state index contributed by atoms with van der Waals surface area (Å²) in [6.45, 7) is 11.9. The van der Waals surface area contributed by atoms with Crippen LogP contribution < -0.4 is 0 Å². The normalized spacial score (nSPS) is 7.43. The Morgan fingerprint density at radius 2 is 1.43 bits per heavy atom. The standard InChI is InChI=1S/C7H8.C4H8.C3H8/c1-7-5-3-2-4-6-7;1-3-4-2;1-3-2/h2-6H,1H3;3H,1,4H2,2H3;3H2,1-2H3. The molecule has 0 N–H and O–H groups in total. The fraction of sp³-hybridized carbons (Fsp3) is 0.429. The van der Waals surface area contributed by atoms with Crippen molar-refractivity contribution in [2.75, 3.05) is 0 Å². The maximum atomic E-state index is 3.48. The molecular weight excluding hydrogens is 168 g/mol. The Bertz CT molecular complexity index is 186. The lowest BCUT2D eigenvalue weighted by atomic mass is 10.2. The summed E-state index contributed by atoms with van der Waals surface area (Å²) in [6.07, 6.45) is 4.21. The van der Waals surface area contributed by atoms with Gasteiger partial charge in [0.15, 0.2) is 0 Å². The van der Waals surface area contributed by atoms with Gasteiger partial charge in [0.2, 0.25) is 0 Å². The first kappa shape index (κ1) is 15.4. The molecule has 0 unspecified atom stereocenters. The zero-order valence-electron chi connectivity index (χ0n) is 10.1. The molecule has 14 heavy (non-hydrogen) atoms. The van der Waals surface area contributed by atoms with E-state index in [0.29, 0.717) is 0 Å². The highest BCUT2D eigenvalue weighted by Gasteiger charge is 1.72. The minimum atomic E-state index is 1.08. The summed E-state index contributed by atoms with van der Waals surface area (Å²) >= 11 is 0. The van der Waals surface area contributed by atoms with Crippen LogP contribution in [0, 0.1) is 6.92 Å². The Hall–Kier alpha value is -1.04. The molecule has 80 valence electrons. The third kappa shape index (κ3) is 17.2. The van der Waals surface area contributed by atoms with Crippen LogP contribution in [0.25, 0.3) is 0 Å². The molecule has 0 aliphatic carbocycles. The topological polar surface area (TPSA) is 0 Å². The highest BCUT2D eigenvalue weighted by molar-refractivity contribution is 5.11. The predicted molar refractivity (Wildman–Crippen MR) is 67.6 cm³/mol. The van der Waals surface area contributed by atoms with E-state index < -0.39 is 0 Å². The predicted octanol–water partition coefficient (Wildman–Crippen LogP) is 4.99. The van der Waals surface area contributed by atoms with Crippen LogP contribution in [0.3, 0.4) is 0 Å². The summed E-state index contributed by atoms with van der Waals surface area (Å²) in [7, 11) is 0. The maximum absolute atomic E-state index is 3.48. The maximum Gasteiger partial charge on any atom is -0.0382 e. The zero-order chi connectivity index (χ0) is 11.2. The van der Waals surface area contributed by atoms with Crippen LogP contribution in [-0.4, -0.2) is 0 Å². The number of aryl methyl sites for hydroxylation is 1. The van der Waals surface area contributed by atoms with Gasteiger partial charge in [0, 0.05) is 0 Å². The van der Waals surface area contributed by atoms with Crippen LogP contribution in [-0.2, 0) is 0 Å². The third-order valence-electron chi connectivity index (χ3n) is 1.23. The number of rotatable bonds is 1. The summed E-state index contributed by atoms with van der Waals surface area (Å²) in [5.74, 6) is 0. The average Bonchev–Trinajstić information content (AvgIpc) is 2.21. The van der Waals surface area contributed by atoms with Crippen LogP contribution in [0.2, 0.25) is 0 Å². The van der Waals surface area contributed by atoms with Gasteiger partial charge >= 0.3 is 0 Å². The van der Waals surface area contributed by atoms with E-state index in [1.54, 1.807) is 0 Å². The van der Waals surface area contributed by atoms with E-state index in [2.05, 4.69) is 46.4 Å². The molecule has 0 saturated carbocycles. The molecule has 1 rings (SSSR count). The number of allylic oxidation sites excluding steroid dienone is 1. The summed E-state index contributed by atoms with van der Waals surface area (Å²) in [6, 6.07) is 10.3. The first-order chi connectivity index (χ1) is 6.72. The van der Waals surface area contributed by atoms with Crippen molar-refractivity contribution in [1.82, 2.24) is 0 Å². The highest BCUT2D eigenvalue weighted by atomic mass is 13.8. The van der Waals surface area contributed by atoms with E-state index in [0.717, 1.165) is 6.42 Å². The molecule has 0 radical (unpaired) electrons. The first-order valence-corrected chi connectivity index (χ1v) is 5.35. The number of hydrogen-bond donors (Lipinski definition) is 0. The summed E-state index contributed by atoms with van der Waals surface area (Å²) in [5.41, 5.74) is 1.32. The van der Waals surface area contributed by atoms with Crippen molar-refractivity contribution >= 4 is 0 Å². The second-order valence-corrected chi connectivity index (χ2v) is 3.06. The lowest BCUT2D eigenvalue weighted by Crippen LogP contribution is -1.62. The van der Waals surface area contributed by atoms with E-state index in [4.69, 9.17) is 0 Å². The van der Waals surface area contributed by atoms with Crippen LogP contribution in [0.5, 0.6) is 0 Å². The van der Waals surface area contributed by atoms with E-state index in [1.165, 1.54) is 12.0 Å². The number of benzene rings is 1. The zero-order valence-corrected chi connectivity index (χ0v) is 10.1. The van der Waals surface area contributed by atoms with Gasteiger partial charge in [0.1, 0.15) is 0 Å². The molecule has 0 fully saturated rings. The molecule has 0 spiro atoms. The molecule has 0 atom stereocenters. The molecule has 0 heteroatoms. The van der Waals surface area contributed by atoms with Crippen molar-refractivity contribution in [3.05, 3.63) is 48.6 Å². The summed E-state index contributed by atoms with van der Waals surface area (Å²) in [4.78, 5) is 0. The highest BCUT2D eigenvalue weighted by Crippen LogP contribution is 1.92. The summed E-state index contributed by atoms with van der Waals surface area (Å²) < 4.78 is 0. The molecule has 0 aliphatic rings. The van der Waals surface area contributed by atoms with Gasteiger partial charge in [-0.2, -0.15) is 0 Å². The minimum absolute atomic E-state index is 1.08. The monoisotopic (exact) mass is 192 g/mol. The average molecular weight is 192 g/mol. The van der Waals surface area contributed by atoms with Crippen molar-refractivity contribution in [2.24, 2.45) is 0 Å². The van der Waals surface area contributed by atoms with E-state index in [1.807, 2.05) is 24.3 Å². The van der Waals surface area contributed by atoms with Gasteiger partial charge in [-0.15, -0.1) is 6.58 Å². The van der Waals surface area contributed by atoms with Gasteiger partial charge in [-0.05, 0) is 13.3 Å². The Kier molecular flexibility index (Phi) is 16.0. The quantitative estimate of drug-likeness (QED) is 0.550. The molecular formula is C14H24. The molecule has 0 saturated heterocycles. The van der Waals surface area contributed by atoms with Gasteiger partial charge in [0.05, 0.1) is 0 Å². The molecule has 0 aliphatic heterocycles. The van der Waals surface area contributed by atoms with Gasteiger partial charge < -0.3 is 0 Å². The second-order valence-electron chi connectivity index (χ2n) is 3.06. The van der Waals surface area contributed by atoms with Crippen LogP contribution in [0.15, 0.2) is 43.0 Å². The fourth-order valence-electron chi connectivity index (χ4n) is 0.534. The Morgan fingerprint density at radius 3 is 1.57 bits per heavy atom. The fourth-order valence-corrected chi connectivity index (χ4v) is 0.534. The second kappa shape index (κ2) is 14.5. The van der Waals surface area contributed by atoms with Crippen LogP contribution >= 0.6 is 0 Å². The van der Waals surface area contributed by atoms with Gasteiger partial charge in [-0.25, -0.2) is 0 Å². The van der Waals surface area contributed by atoms with Crippen molar-refractivity contribution in [1.29, 1.82) is 0 Å². The van der Waals surface area contributed by atoms with E-state index >= 15 is 0 Å². The molecule has 0 bridgehead atoms. The van der Waals surface area contributed by atoms with Crippen LogP contribution in [0.4, 0.5) is 0 Å². The number of hydrogen-bond acceptors (Lipinski definition) is 0. The van der Waals surface area contributed by atoms with Crippen LogP contribution in [0.1, 0.15) is 39.2 Å². The van der Waals surface area contributed by atoms with Crippen molar-refractivity contribution < 1.29 is 0 Å². The first-order valence-electron chi connectivity index (χ1n) is 5.35. The Balaban J connectivity index is 0. The molecule has 1 aromatic rings. The lowest BCUT2D eigenvalue weighted by Gasteiger charge is -1.82. The van der Waals surface area contributed by atoms with E-state index in [-0.39, 0.29) is 0 Å². The molecule has 0 aromatic heterocycles. The molecule has 0 nitrogen and oxygen atoms in total.